The Labute approximate surface area is 119 Å². The van der Waals surface area contributed by atoms with Crippen LogP contribution in [0.4, 0.5) is 5.69 Å². The first-order chi connectivity index (χ1) is 7.61. The van der Waals surface area contributed by atoms with Crippen LogP contribution in [0, 0.1) is 12.8 Å². The highest BCUT2D eigenvalue weighted by molar-refractivity contribution is 14.0. The molecule has 5 heteroatoms. The quantitative estimate of drug-likeness (QED) is 0.442. The van der Waals surface area contributed by atoms with E-state index >= 15 is 0 Å². The molecular weight excluding hydrogens is 329 g/mol. The Kier molecular flexibility index (Phi) is 7.90. The number of aliphatic imine (C=N–C) groups is 1. The van der Waals surface area contributed by atoms with Gasteiger partial charge in [0.1, 0.15) is 0 Å². The van der Waals surface area contributed by atoms with Crippen LogP contribution >= 0.6 is 24.0 Å². The standard InChI is InChI=1S/C12H19N3O.HI/c1-9-3-5-11(6-4-9)15-12(13)14-7-10(2)8-16;/h3-6,10,16H,7-8H2,1-2H3,(H3,13,14,15);1H. The van der Waals surface area contributed by atoms with Gasteiger partial charge in [-0.05, 0) is 25.0 Å². The summed E-state index contributed by atoms with van der Waals surface area (Å²) < 4.78 is 0. The lowest BCUT2D eigenvalue weighted by atomic mass is 10.2. The number of halogens is 1. The molecule has 0 heterocycles. The second-order valence-corrected chi connectivity index (χ2v) is 4.00. The highest BCUT2D eigenvalue weighted by Crippen LogP contribution is 2.07. The van der Waals surface area contributed by atoms with Crippen molar-refractivity contribution in [3.05, 3.63) is 29.8 Å². The molecule has 0 aliphatic rings. The molecule has 0 radical (unpaired) electrons. The Balaban J connectivity index is 0.00000256. The second-order valence-electron chi connectivity index (χ2n) is 4.00. The molecule has 0 fully saturated rings. The summed E-state index contributed by atoms with van der Waals surface area (Å²) in [6, 6.07) is 7.91. The lowest BCUT2D eigenvalue weighted by molar-refractivity contribution is 0.242. The molecular formula is C12H20IN3O. The first kappa shape index (κ1) is 16.2. The highest BCUT2D eigenvalue weighted by atomic mass is 127. The number of nitrogens with zero attached hydrogens (tertiary/aromatic N) is 1. The van der Waals surface area contributed by atoms with Gasteiger partial charge in [-0.25, -0.2) is 0 Å². The first-order valence-electron chi connectivity index (χ1n) is 5.36. The lowest BCUT2D eigenvalue weighted by Crippen LogP contribution is -2.23. The van der Waals surface area contributed by atoms with Gasteiger partial charge in [-0.15, -0.1) is 24.0 Å². The minimum Gasteiger partial charge on any atom is -0.396 e. The van der Waals surface area contributed by atoms with Crippen molar-refractivity contribution < 1.29 is 5.11 Å². The minimum atomic E-state index is 0. The van der Waals surface area contributed by atoms with E-state index in [0.29, 0.717) is 12.5 Å². The number of nitrogens with one attached hydrogen (secondary N) is 1. The summed E-state index contributed by atoms with van der Waals surface area (Å²) in [7, 11) is 0. The normalized spacial score (nSPS) is 12.8. The monoisotopic (exact) mass is 349 g/mol. The van der Waals surface area contributed by atoms with Gasteiger partial charge in [0.25, 0.3) is 0 Å². The Morgan fingerprint density at radius 1 is 1.41 bits per heavy atom. The highest BCUT2D eigenvalue weighted by Gasteiger charge is 1.99. The van der Waals surface area contributed by atoms with Crippen LogP contribution in [-0.4, -0.2) is 24.2 Å². The summed E-state index contributed by atoms with van der Waals surface area (Å²) in [5.41, 5.74) is 7.83. The van der Waals surface area contributed by atoms with Crippen molar-refractivity contribution in [3.8, 4) is 0 Å². The molecule has 0 amide bonds. The first-order valence-corrected chi connectivity index (χ1v) is 5.36. The molecule has 1 aromatic carbocycles. The van der Waals surface area contributed by atoms with Crippen LogP contribution < -0.4 is 11.1 Å². The molecule has 1 aromatic rings. The molecule has 0 bridgehead atoms. The predicted molar refractivity (Wildman–Crippen MR) is 83.0 cm³/mol. The molecule has 1 atom stereocenters. The van der Waals surface area contributed by atoms with Gasteiger partial charge in [0.05, 0.1) is 0 Å². The number of aryl methyl sites for hydroxylation is 1. The van der Waals surface area contributed by atoms with E-state index in [1.807, 2.05) is 38.1 Å². The average Bonchev–Trinajstić information content (AvgIpc) is 2.29. The Morgan fingerprint density at radius 3 is 2.53 bits per heavy atom. The molecule has 4 N–H and O–H groups in total. The maximum atomic E-state index is 8.84. The van der Waals surface area contributed by atoms with E-state index in [9.17, 15) is 0 Å². The van der Waals surface area contributed by atoms with Crippen LogP contribution in [0.2, 0.25) is 0 Å². The molecule has 0 spiro atoms. The Bertz CT molecular complexity index is 351. The fourth-order valence-corrected chi connectivity index (χ4v) is 1.14. The van der Waals surface area contributed by atoms with E-state index in [-0.39, 0.29) is 36.5 Å². The zero-order valence-corrected chi connectivity index (χ0v) is 12.5. The maximum Gasteiger partial charge on any atom is 0.193 e. The molecule has 4 nitrogen and oxygen atoms in total. The minimum absolute atomic E-state index is 0. The van der Waals surface area contributed by atoms with Crippen molar-refractivity contribution in [2.45, 2.75) is 13.8 Å². The van der Waals surface area contributed by atoms with Crippen LogP contribution in [0.5, 0.6) is 0 Å². The summed E-state index contributed by atoms with van der Waals surface area (Å²) in [6.07, 6.45) is 0. The van der Waals surface area contributed by atoms with Crippen molar-refractivity contribution in [1.82, 2.24) is 0 Å². The smallest absolute Gasteiger partial charge is 0.193 e. The lowest BCUT2D eigenvalue weighted by Gasteiger charge is -2.07. The van der Waals surface area contributed by atoms with Gasteiger partial charge >= 0.3 is 0 Å². The van der Waals surface area contributed by atoms with E-state index in [1.54, 1.807) is 0 Å². The number of anilines is 1. The SMILES string of the molecule is Cc1ccc(NC(N)=NCC(C)CO)cc1.I. The topological polar surface area (TPSA) is 70.6 Å². The number of rotatable bonds is 4. The van der Waals surface area contributed by atoms with Crippen molar-refractivity contribution >= 4 is 35.6 Å². The Hall–Kier alpha value is -0.820. The number of aliphatic hydroxyl groups excluding tert-OH is 1. The number of aliphatic hydroxyl groups is 1. The van der Waals surface area contributed by atoms with E-state index in [1.165, 1.54) is 5.56 Å². The van der Waals surface area contributed by atoms with E-state index in [2.05, 4.69) is 10.3 Å². The molecule has 0 aromatic heterocycles. The fraction of sp³-hybridized carbons (Fsp3) is 0.417. The third-order valence-electron chi connectivity index (χ3n) is 2.21. The van der Waals surface area contributed by atoms with E-state index < -0.39 is 0 Å². The van der Waals surface area contributed by atoms with Crippen LogP contribution in [0.1, 0.15) is 12.5 Å². The van der Waals surface area contributed by atoms with Gasteiger partial charge < -0.3 is 16.2 Å². The second kappa shape index (κ2) is 8.30. The van der Waals surface area contributed by atoms with Gasteiger partial charge in [-0.3, -0.25) is 4.99 Å². The van der Waals surface area contributed by atoms with Gasteiger partial charge in [0.2, 0.25) is 0 Å². The number of benzene rings is 1. The molecule has 0 saturated heterocycles. The van der Waals surface area contributed by atoms with Gasteiger partial charge in [0.15, 0.2) is 5.96 Å². The third kappa shape index (κ3) is 6.48. The summed E-state index contributed by atoms with van der Waals surface area (Å²) in [5, 5.41) is 11.8. The average molecular weight is 349 g/mol. The Morgan fingerprint density at radius 2 is 2.00 bits per heavy atom. The molecule has 0 aliphatic heterocycles. The van der Waals surface area contributed by atoms with E-state index in [4.69, 9.17) is 10.8 Å². The maximum absolute atomic E-state index is 8.84. The van der Waals surface area contributed by atoms with Gasteiger partial charge in [0, 0.05) is 18.8 Å². The van der Waals surface area contributed by atoms with Crippen molar-refractivity contribution in [2.75, 3.05) is 18.5 Å². The van der Waals surface area contributed by atoms with Crippen molar-refractivity contribution in [3.63, 3.8) is 0 Å². The van der Waals surface area contributed by atoms with Crippen LogP contribution in [0.3, 0.4) is 0 Å². The van der Waals surface area contributed by atoms with Crippen molar-refractivity contribution in [2.24, 2.45) is 16.6 Å². The summed E-state index contributed by atoms with van der Waals surface area (Å²) in [4.78, 5) is 4.14. The number of guanidine groups is 1. The largest absolute Gasteiger partial charge is 0.396 e. The fourth-order valence-electron chi connectivity index (χ4n) is 1.14. The summed E-state index contributed by atoms with van der Waals surface area (Å²) in [5.74, 6) is 0.516. The zero-order valence-electron chi connectivity index (χ0n) is 10.2. The molecule has 1 rings (SSSR count). The predicted octanol–water partition coefficient (Wildman–Crippen LogP) is 1.97. The van der Waals surface area contributed by atoms with Crippen molar-refractivity contribution in [1.29, 1.82) is 0 Å². The number of hydrogen-bond donors (Lipinski definition) is 3. The summed E-state index contributed by atoms with van der Waals surface area (Å²) in [6.45, 7) is 4.61. The van der Waals surface area contributed by atoms with E-state index in [0.717, 1.165) is 5.69 Å². The number of nitrogens with two attached hydrogens (primary N) is 1. The summed E-state index contributed by atoms with van der Waals surface area (Å²) >= 11 is 0. The molecule has 0 saturated carbocycles. The third-order valence-corrected chi connectivity index (χ3v) is 2.21. The van der Waals surface area contributed by atoms with Crippen LogP contribution in [0.25, 0.3) is 0 Å². The molecule has 96 valence electrons. The van der Waals surface area contributed by atoms with Gasteiger partial charge in [-0.1, -0.05) is 24.6 Å². The van der Waals surface area contributed by atoms with Crippen LogP contribution in [-0.2, 0) is 0 Å². The van der Waals surface area contributed by atoms with Gasteiger partial charge in [-0.2, -0.15) is 0 Å². The molecule has 1 unspecified atom stereocenters. The molecule has 17 heavy (non-hydrogen) atoms. The number of hydrogen-bond acceptors (Lipinski definition) is 2. The zero-order chi connectivity index (χ0) is 12.0. The van der Waals surface area contributed by atoms with Crippen LogP contribution in [0.15, 0.2) is 29.3 Å². The molecule has 0 aliphatic carbocycles.